The molecule has 1 aromatic rings. The molecule has 0 aromatic heterocycles. The van der Waals surface area contributed by atoms with Crippen molar-refractivity contribution in [3.63, 3.8) is 0 Å². The molecule has 0 N–H and O–H groups in total. The fourth-order valence-corrected chi connectivity index (χ4v) is 6.14. The van der Waals surface area contributed by atoms with Crippen molar-refractivity contribution >= 4 is 23.8 Å². The largest absolute Gasteiger partial charge is 0.491 e. The standard InChI is InChI=1S/C36H55FN2O9/c1-36(2,3)48-35(43)38-16-12-27(13-17-38)10-11-33(41)39-15-6-8-29(26-39)32(40)24-30(25-34(42)44-4)28-7-5-9-31(23-28)47-22-21-46-20-19-45-18-14-37/h5,7,9,23,27,29-30H,6,8,10-22,24-26H2,1-4H3/t29-,30?/m1/s1/i37-1. The third-order valence-electron chi connectivity index (χ3n) is 8.77. The second kappa shape index (κ2) is 20.3. The minimum Gasteiger partial charge on any atom is -0.491 e. The van der Waals surface area contributed by atoms with Crippen LogP contribution in [-0.4, -0.2) is 112 Å². The van der Waals surface area contributed by atoms with Gasteiger partial charge in [-0.2, -0.15) is 0 Å². The molecular formula is C36H55FN2O9. The van der Waals surface area contributed by atoms with Crippen LogP contribution < -0.4 is 4.74 Å². The molecule has 2 saturated heterocycles. The number of hydrogen-bond acceptors (Lipinski definition) is 9. The average Bonchev–Trinajstić information content (AvgIpc) is 3.07. The van der Waals surface area contributed by atoms with E-state index >= 15 is 0 Å². The summed E-state index contributed by atoms with van der Waals surface area (Å²) in [4.78, 5) is 55.1. The molecule has 2 aliphatic heterocycles. The number of esters is 1. The van der Waals surface area contributed by atoms with Gasteiger partial charge in [0.25, 0.3) is 0 Å². The molecule has 48 heavy (non-hydrogen) atoms. The fraction of sp³-hybridized carbons (Fsp3) is 0.722. The summed E-state index contributed by atoms with van der Waals surface area (Å²) < 4.78 is 38.8. The first kappa shape index (κ1) is 39.2. The second-order valence-electron chi connectivity index (χ2n) is 13.6. The monoisotopic (exact) mass is 677 g/mol. The van der Waals surface area contributed by atoms with Gasteiger partial charge in [-0.25, -0.2) is 9.18 Å². The topological polar surface area (TPSA) is 121 Å². The molecule has 3 rings (SSSR count). The molecule has 0 bridgehead atoms. The first-order valence-corrected chi connectivity index (χ1v) is 17.3. The Balaban J connectivity index is 1.48. The van der Waals surface area contributed by atoms with Crippen LogP contribution in [0.1, 0.15) is 83.6 Å². The van der Waals surface area contributed by atoms with Gasteiger partial charge >= 0.3 is 12.1 Å². The third kappa shape index (κ3) is 14.1. The molecular weight excluding hydrogens is 622 g/mol. The summed E-state index contributed by atoms with van der Waals surface area (Å²) in [6.07, 6.45) is 4.25. The van der Waals surface area contributed by atoms with Crippen LogP contribution in [0.3, 0.4) is 0 Å². The lowest BCUT2D eigenvalue weighted by atomic mass is 9.84. The highest BCUT2D eigenvalue weighted by Crippen LogP contribution is 2.31. The Labute approximate surface area is 284 Å². The number of halogens is 1. The van der Waals surface area contributed by atoms with Crippen molar-refractivity contribution in [1.82, 2.24) is 9.80 Å². The number of hydrogen-bond donors (Lipinski definition) is 0. The molecule has 1 aromatic carbocycles. The highest BCUT2D eigenvalue weighted by Gasteiger charge is 2.32. The number of piperidine rings is 2. The summed E-state index contributed by atoms with van der Waals surface area (Å²) >= 11 is 0. The van der Waals surface area contributed by atoms with Gasteiger partial charge < -0.3 is 33.5 Å². The lowest BCUT2D eigenvalue weighted by Gasteiger charge is -2.35. The molecule has 2 amide bonds. The van der Waals surface area contributed by atoms with Crippen molar-refractivity contribution < 1.29 is 47.3 Å². The normalized spacial score (nSPS) is 17.9. The van der Waals surface area contributed by atoms with E-state index in [9.17, 15) is 23.6 Å². The van der Waals surface area contributed by atoms with Crippen molar-refractivity contribution in [3.05, 3.63) is 29.8 Å². The van der Waals surface area contributed by atoms with Crippen LogP contribution in [0.4, 0.5) is 9.18 Å². The van der Waals surface area contributed by atoms with E-state index in [0.717, 1.165) is 31.2 Å². The van der Waals surface area contributed by atoms with Gasteiger partial charge in [0.05, 0.1) is 40.0 Å². The first-order valence-electron chi connectivity index (χ1n) is 17.3. The molecule has 2 atom stereocenters. The van der Waals surface area contributed by atoms with E-state index in [1.807, 2.05) is 43.9 Å². The summed E-state index contributed by atoms with van der Waals surface area (Å²) in [6.45, 7) is 8.67. The molecule has 12 heteroatoms. The van der Waals surface area contributed by atoms with E-state index in [1.54, 1.807) is 11.0 Å². The van der Waals surface area contributed by atoms with E-state index in [4.69, 9.17) is 23.7 Å². The van der Waals surface area contributed by atoms with Crippen molar-refractivity contribution in [1.29, 1.82) is 0 Å². The molecule has 2 aliphatic rings. The molecule has 2 fully saturated rings. The molecule has 0 aliphatic carbocycles. The molecule has 0 spiro atoms. The highest BCUT2D eigenvalue weighted by molar-refractivity contribution is 5.84. The Morgan fingerprint density at radius 2 is 1.62 bits per heavy atom. The van der Waals surface area contributed by atoms with Crippen LogP contribution in [0.2, 0.25) is 0 Å². The number of methoxy groups -OCH3 is 1. The van der Waals surface area contributed by atoms with E-state index in [2.05, 4.69) is 0 Å². The maximum Gasteiger partial charge on any atom is 0.410 e. The van der Waals surface area contributed by atoms with Crippen molar-refractivity contribution in [2.45, 2.75) is 83.7 Å². The highest BCUT2D eigenvalue weighted by atomic mass is 18.2. The van der Waals surface area contributed by atoms with Gasteiger partial charge in [0.1, 0.15) is 30.4 Å². The van der Waals surface area contributed by atoms with Crippen LogP contribution in [0.15, 0.2) is 24.3 Å². The van der Waals surface area contributed by atoms with Crippen LogP contribution in [-0.2, 0) is 33.3 Å². The van der Waals surface area contributed by atoms with Gasteiger partial charge in [-0.05, 0) is 76.5 Å². The van der Waals surface area contributed by atoms with Gasteiger partial charge in [0.2, 0.25) is 5.91 Å². The van der Waals surface area contributed by atoms with E-state index in [0.29, 0.717) is 77.1 Å². The van der Waals surface area contributed by atoms with Crippen LogP contribution in [0.25, 0.3) is 0 Å². The molecule has 11 nitrogen and oxygen atoms in total. The zero-order chi connectivity index (χ0) is 34.9. The maximum atomic E-state index is 13.6. The zero-order valence-electron chi connectivity index (χ0n) is 29.2. The van der Waals surface area contributed by atoms with Gasteiger partial charge in [-0.15, -0.1) is 0 Å². The van der Waals surface area contributed by atoms with E-state index < -0.39 is 24.2 Å². The maximum absolute atomic E-state index is 13.6. The van der Waals surface area contributed by atoms with E-state index in [-0.39, 0.29) is 43.2 Å². The van der Waals surface area contributed by atoms with Crippen molar-refractivity contribution in [2.75, 3.05) is 73.0 Å². The van der Waals surface area contributed by atoms with Crippen molar-refractivity contribution in [2.24, 2.45) is 11.8 Å². The SMILES string of the molecule is COC(=O)CC(CC(=O)[C@@H]1CCCN(C(=O)CCC2CCN(C(=O)OC(C)(C)C)CC2)C1)c1cccc(OCCOCCOCC[18F])c1. The van der Waals surface area contributed by atoms with Crippen LogP contribution in [0, 0.1) is 11.8 Å². The molecule has 0 radical (unpaired) electrons. The van der Waals surface area contributed by atoms with Crippen LogP contribution >= 0.6 is 0 Å². The quantitative estimate of drug-likeness (QED) is 0.150. The summed E-state index contributed by atoms with van der Waals surface area (Å²) in [5, 5.41) is 0. The summed E-state index contributed by atoms with van der Waals surface area (Å²) in [7, 11) is 1.33. The zero-order valence-corrected chi connectivity index (χ0v) is 29.2. The third-order valence-corrected chi connectivity index (χ3v) is 8.77. The number of ketones is 1. The predicted molar refractivity (Wildman–Crippen MR) is 178 cm³/mol. The van der Waals surface area contributed by atoms with E-state index in [1.165, 1.54) is 7.11 Å². The Hall–Kier alpha value is -3.25. The Bertz CT molecular complexity index is 1170. The minimum atomic E-state index is -0.526. The number of ether oxygens (including phenoxy) is 5. The summed E-state index contributed by atoms with van der Waals surface area (Å²) in [5.74, 6) is -0.0219. The van der Waals surface area contributed by atoms with Crippen LogP contribution in [0.5, 0.6) is 5.75 Å². The molecule has 2 heterocycles. The Kier molecular flexibility index (Phi) is 16.6. The fourth-order valence-electron chi connectivity index (χ4n) is 6.14. The number of likely N-dealkylation sites (tertiary alicyclic amines) is 2. The Morgan fingerprint density at radius 1 is 0.917 bits per heavy atom. The minimum absolute atomic E-state index is 0.0330. The number of carbonyl (C=O) groups excluding carboxylic acids is 4. The van der Waals surface area contributed by atoms with Crippen molar-refractivity contribution in [3.8, 4) is 5.75 Å². The number of amides is 2. The number of benzene rings is 1. The van der Waals surface area contributed by atoms with Gasteiger partial charge in [0, 0.05) is 50.9 Å². The average molecular weight is 678 g/mol. The first-order chi connectivity index (χ1) is 23.0. The number of carbonyl (C=O) groups is 4. The van der Waals surface area contributed by atoms with Gasteiger partial charge in [-0.1, -0.05) is 12.1 Å². The number of rotatable bonds is 18. The predicted octanol–water partition coefficient (Wildman–Crippen LogP) is 5.34. The Morgan fingerprint density at radius 3 is 2.31 bits per heavy atom. The summed E-state index contributed by atoms with van der Waals surface area (Å²) in [6, 6.07) is 7.34. The molecule has 270 valence electrons. The number of nitrogens with zero attached hydrogens (tertiary/aromatic N) is 2. The van der Waals surface area contributed by atoms with Gasteiger partial charge in [-0.3, -0.25) is 14.4 Å². The number of Topliss-reactive ketones (excluding diaryl/α,β-unsaturated/α-hetero) is 1. The second-order valence-corrected chi connectivity index (χ2v) is 13.6. The smallest absolute Gasteiger partial charge is 0.410 e. The van der Waals surface area contributed by atoms with Gasteiger partial charge in [0.15, 0.2) is 0 Å². The number of alkyl halides is 1. The molecule has 1 unspecified atom stereocenters. The summed E-state index contributed by atoms with van der Waals surface area (Å²) in [5.41, 5.74) is 0.274. The lowest BCUT2D eigenvalue weighted by Crippen LogP contribution is -2.43. The lowest BCUT2D eigenvalue weighted by molar-refractivity contribution is -0.141. The molecule has 0 saturated carbocycles.